The summed E-state index contributed by atoms with van der Waals surface area (Å²) in [5.74, 6) is -3.00. The molecule has 59 heavy (non-hydrogen) atoms. The predicted octanol–water partition coefficient (Wildman–Crippen LogP) is 8.07. The van der Waals surface area contributed by atoms with Crippen molar-refractivity contribution in [2.24, 2.45) is 11.8 Å². The lowest BCUT2D eigenvalue weighted by atomic mass is 9.78. The van der Waals surface area contributed by atoms with Crippen molar-refractivity contribution in [2.45, 2.75) is 84.0 Å². The highest BCUT2D eigenvalue weighted by Crippen LogP contribution is 2.40. The number of amides is 1. The molecule has 0 saturated heterocycles. The number of halogens is 2. The highest BCUT2D eigenvalue weighted by atomic mass is 19.1. The Hall–Kier alpha value is -6.10. The summed E-state index contributed by atoms with van der Waals surface area (Å²) < 4.78 is 38.5. The van der Waals surface area contributed by atoms with Crippen molar-refractivity contribution in [1.29, 1.82) is 0 Å². The Bertz CT molecular complexity index is 2650. The van der Waals surface area contributed by atoms with Crippen LogP contribution in [0.3, 0.4) is 0 Å². The van der Waals surface area contributed by atoms with E-state index in [1.807, 2.05) is 73.3 Å². The molecule has 3 heterocycles. The summed E-state index contributed by atoms with van der Waals surface area (Å²) in [4.78, 5) is 57.0. The minimum atomic E-state index is -0.765. The number of hydrogen-bond acceptors (Lipinski definition) is 6. The average molecular weight is 797 g/mol. The van der Waals surface area contributed by atoms with Gasteiger partial charge in [-0.2, -0.15) is 0 Å². The van der Waals surface area contributed by atoms with Crippen LogP contribution in [0.1, 0.15) is 66.2 Å². The Kier molecular flexibility index (Phi) is 10.1. The zero-order chi connectivity index (χ0) is 40.9. The SMILES string of the molecule is CC(C)N(Cc1ccccc1)C(=O)C1CCc2c(c3cc(F)ccc3n2CC(=O)OC(=O)Cn2c3c(c4cc(F)ccc42)CC(C(=O)C2CNc4ccccc42)CC3)C1. The summed E-state index contributed by atoms with van der Waals surface area (Å²) in [5.41, 5.74) is 7.61. The number of carbonyl (C=O) groups excluding carboxylic acids is 4. The second kappa shape index (κ2) is 15.6. The smallest absolute Gasteiger partial charge is 0.333 e. The molecule has 9 nitrogen and oxygen atoms in total. The number of rotatable bonds is 10. The number of para-hydroxylation sites is 1. The fourth-order valence-corrected chi connectivity index (χ4v) is 9.86. The van der Waals surface area contributed by atoms with Gasteiger partial charge in [0.2, 0.25) is 5.91 Å². The van der Waals surface area contributed by atoms with Crippen molar-refractivity contribution in [2.75, 3.05) is 11.9 Å². The number of Topliss-reactive ketones (excluding diaryl/α,β-unsaturated/α-hetero) is 1. The van der Waals surface area contributed by atoms with Crippen LogP contribution in [0.2, 0.25) is 0 Å². The van der Waals surface area contributed by atoms with Gasteiger partial charge in [-0.25, -0.2) is 18.4 Å². The number of nitrogens with one attached hydrogen (secondary N) is 1. The van der Waals surface area contributed by atoms with Crippen LogP contribution >= 0.6 is 0 Å². The molecule has 3 atom stereocenters. The van der Waals surface area contributed by atoms with Crippen LogP contribution in [0.15, 0.2) is 91.0 Å². The Morgan fingerprint density at radius 3 is 1.92 bits per heavy atom. The van der Waals surface area contributed by atoms with Gasteiger partial charge in [0.05, 0.1) is 5.92 Å². The van der Waals surface area contributed by atoms with E-state index in [1.54, 1.807) is 21.3 Å². The number of ether oxygens (including phenoxy) is 1. The first-order valence-corrected chi connectivity index (χ1v) is 20.6. The monoisotopic (exact) mass is 796 g/mol. The molecule has 3 aliphatic rings. The number of fused-ring (bicyclic) bond motifs is 7. The fraction of sp³-hybridized carbons (Fsp3) is 0.333. The number of nitrogens with zero attached hydrogens (tertiary/aromatic N) is 3. The van der Waals surface area contributed by atoms with E-state index >= 15 is 0 Å². The van der Waals surface area contributed by atoms with Gasteiger partial charge >= 0.3 is 11.9 Å². The molecule has 11 heteroatoms. The lowest BCUT2D eigenvalue weighted by molar-refractivity contribution is -0.160. The number of ketones is 1. The molecule has 302 valence electrons. The van der Waals surface area contributed by atoms with Crippen molar-refractivity contribution >= 4 is 51.1 Å². The quantitative estimate of drug-likeness (QED) is 0.111. The number of benzene rings is 4. The topological polar surface area (TPSA) is 103 Å². The van der Waals surface area contributed by atoms with E-state index in [9.17, 15) is 28.0 Å². The van der Waals surface area contributed by atoms with Crippen LogP contribution in [-0.2, 0) is 69.2 Å². The molecule has 1 aliphatic heterocycles. The zero-order valence-corrected chi connectivity index (χ0v) is 33.2. The third kappa shape index (κ3) is 7.21. The second-order valence-corrected chi connectivity index (χ2v) is 16.5. The van der Waals surface area contributed by atoms with Crippen molar-refractivity contribution in [1.82, 2.24) is 14.0 Å². The highest BCUT2D eigenvalue weighted by Gasteiger charge is 2.37. The minimum Gasteiger partial charge on any atom is -0.390 e. The molecule has 3 unspecified atom stereocenters. The number of hydrogen-bond donors (Lipinski definition) is 1. The molecule has 0 saturated carbocycles. The molecule has 0 spiro atoms. The Labute approximate surface area is 340 Å². The second-order valence-electron chi connectivity index (χ2n) is 16.5. The van der Waals surface area contributed by atoms with Crippen LogP contribution in [0, 0.1) is 23.5 Å². The number of carbonyl (C=O) groups is 4. The number of anilines is 1. The Balaban J connectivity index is 0.921. The lowest BCUT2D eigenvalue weighted by Crippen LogP contribution is -2.42. The van der Waals surface area contributed by atoms with Gasteiger partial charge < -0.3 is 24.1 Å². The predicted molar refractivity (Wildman–Crippen MR) is 221 cm³/mol. The highest BCUT2D eigenvalue weighted by molar-refractivity contribution is 5.95. The average Bonchev–Trinajstić information content (AvgIpc) is 3.89. The first kappa shape index (κ1) is 38.4. The molecule has 6 aromatic rings. The Morgan fingerprint density at radius 1 is 0.746 bits per heavy atom. The zero-order valence-electron chi connectivity index (χ0n) is 33.2. The van der Waals surface area contributed by atoms with E-state index in [1.165, 1.54) is 24.3 Å². The summed E-state index contributed by atoms with van der Waals surface area (Å²) in [6, 6.07) is 26.5. The van der Waals surface area contributed by atoms with Crippen molar-refractivity contribution < 1.29 is 32.7 Å². The molecule has 0 radical (unpaired) electrons. The third-order valence-corrected chi connectivity index (χ3v) is 12.7. The standard InChI is InChI=1S/C48H46F2N4O5/c1-28(2)52(25-29-8-4-3-5-9-29)48(58)31-13-17-42-36(21-31)38-23-33(50)15-19-44(38)54(42)27-46(56)59-45(55)26-53-41-16-12-30(20-35(41)37-22-32(49)14-18-43(37)53)47(57)39-24-51-40-11-7-6-10-34(39)40/h3-11,14-15,18-19,22-23,28,30-31,39,51H,12-13,16-17,20-21,24-27H2,1-2H3. The maximum atomic E-state index is 14.7. The lowest BCUT2D eigenvalue weighted by Gasteiger charge is -2.33. The molecule has 1 amide bonds. The van der Waals surface area contributed by atoms with Gasteiger partial charge in [-0.05, 0) is 117 Å². The molecular formula is C48H46F2N4O5. The van der Waals surface area contributed by atoms with Crippen LogP contribution < -0.4 is 5.32 Å². The largest absolute Gasteiger partial charge is 0.390 e. The minimum absolute atomic E-state index is 0.0226. The van der Waals surface area contributed by atoms with Gasteiger partial charge in [0.1, 0.15) is 30.5 Å². The van der Waals surface area contributed by atoms with Gasteiger partial charge in [-0.1, -0.05) is 48.5 Å². The van der Waals surface area contributed by atoms with Crippen LogP contribution in [0.4, 0.5) is 14.5 Å². The van der Waals surface area contributed by atoms with E-state index in [4.69, 9.17) is 4.74 Å². The molecule has 4 aromatic carbocycles. The van der Waals surface area contributed by atoms with E-state index in [0.717, 1.165) is 39.3 Å². The van der Waals surface area contributed by atoms with Crippen molar-refractivity contribution in [3.05, 3.63) is 136 Å². The summed E-state index contributed by atoms with van der Waals surface area (Å²) in [6.07, 6.45) is 2.96. The molecule has 1 N–H and O–H groups in total. The molecule has 2 aromatic heterocycles. The van der Waals surface area contributed by atoms with Crippen molar-refractivity contribution in [3.8, 4) is 0 Å². The maximum Gasteiger partial charge on any atom is 0.333 e. The summed E-state index contributed by atoms with van der Waals surface area (Å²) in [6.45, 7) is 4.50. The van der Waals surface area contributed by atoms with Gasteiger partial charge in [-0.15, -0.1) is 0 Å². The van der Waals surface area contributed by atoms with Gasteiger partial charge in [0.15, 0.2) is 0 Å². The van der Waals surface area contributed by atoms with Gasteiger partial charge in [0.25, 0.3) is 0 Å². The third-order valence-electron chi connectivity index (χ3n) is 12.7. The van der Waals surface area contributed by atoms with E-state index in [2.05, 4.69) is 5.32 Å². The van der Waals surface area contributed by atoms with Crippen LogP contribution in [0.25, 0.3) is 21.8 Å². The first-order valence-electron chi connectivity index (χ1n) is 20.6. The molecule has 9 rings (SSSR count). The van der Waals surface area contributed by atoms with Crippen LogP contribution in [0.5, 0.6) is 0 Å². The van der Waals surface area contributed by atoms with E-state index in [0.29, 0.717) is 73.4 Å². The van der Waals surface area contributed by atoms with E-state index in [-0.39, 0.29) is 48.6 Å². The number of esters is 2. The summed E-state index contributed by atoms with van der Waals surface area (Å²) in [5, 5.41) is 4.63. The number of aromatic nitrogens is 2. The van der Waals surface area contributed by atoms with Crippen LogP contribution in [-0.4, -0.2) is 50.2 Å². The Morgan fingerprint density at radius 2 is 1.31 bits per heavy atom. The molecule has 2 aliphatic carbocycles. The van der Waals surface area contributed by atoms with Gasteiger partial charge in [0, 0.05) is 69.8 Å². The summed E-state index contributed by atoms with van der Waals surface area (Å²) >= 11 is 0. The normalized spacial score (nSPS) is 18.3. The molecule has 0 bridgehead atoms. The van der Waals surface area contributed by atoms with E-state index < -0.39 is 23.6 Å². The maximum absolute atomic E-state index is 14.7. The van der Waals surface area contributed by atoms with Gasteiger partial charge in [-0.3, -0.25) is 9.59 Å². The first-order chi connectivity index (χ1) is 28.5. The fourth-order valence-electron chi connectivity index (χ4n) is 9.86. The molecule has 0 fully saturated rings. The molecular weight excluding hydrogens is 751 g/mol. The summed E-state index contributed by atoms with van der Waals surface area (Å²) in [7, 11) is 0. The van der Waals surface area contributed by atoms with Crippen molar-refractivity contribution in [3.63, 3.8) is 0 Å².